The van der Waals surface area contributed by atoms with Crippen LogP contribution in [0.1, 0.15) is 24.4 Å². The predicted molar refractivity (Wildman–Crippen MR) is 62.9 cm³/mol. The van der Waals surface area contributed by atoms with Gasteiger partial charge in [-0.05, 0) is 31.4 Å². The molecule has 0 bridgehead atoms. The maximum atomic E-state index is 6.08. The van der Waals surface area contributed by atoms with Crippen molar-refractivity contribution in [1.82, 2.24) is 14.8 Å². The smallest absolute Gasteiger partial charge is 0.166 e. The Labute approximate surface area is 94.1 Å². The average Bonchev–Trinajstić information content (AvgIpc) is 3.01. The number of nitrogens with zero attached hydrogens (tertiary/aromatic N) is 3. The Bertz CT molecular complexity index is 526. The van der Waals surface area contributed by atoms with E-state index >= 15 is 0 Å². The topological polar surface area (TPSA) is 56.7 Å². The summed E-state index contributed by atoms with van der Waals surface area (Å²) in [6, 6.07) is 6.60. The van der Waals surface area contributed by atoms with E-state index in [1.54, 1.807) is 6.33 Å². The van der Waals surface area contributed by atoms with Crippen molar-refractivity contribution < 1.29 is 0 Å². The molecular weight excluding hydrogens is 200 g/mol. The molecule has 2 aromatic rings. The Morgan fingerprint density at radius 2 is 2.19 bits per heavy atom. The zero-order chi connectivity index (χ0) is 11.1. The van der Waals surface area contributed by atoms with Gasteiger partial charge < -0.3 is 10.3 Å². The minimum atomic E-state index is 0.574. The molecule has 2 N–H and O–H groups in total. The molecule has 1 aromatic heterocycles. The molecule has 1 saturated carbocycles. The summed E-state index contributed by atoms with van der Waals surface area (Å²) in [6.07, 6.45) is 4.24. The van der Waals surface area contributed by atoms with Crippen LogP contribution in [0, 0.1) is 6.92 Å². The number of nitrogen functional groups attached to an aromatic ring is 1. The van der Waals surface area contributed by atoms with E-state index in [-0.39, 0.29) is 0 Å². The first kappa shape index (κ1) is 9.39. The molecule has 16 heavy (non-hydrogen) atoms. The molecule has 0 amide bonds. The maximum absolute atomic E-state index is 6.08. The number of hydrogen-bond acceptors (Lipinski definition) is 3. The fourth-order valence-corrected chi connectivity index (χ4v) is 1.93. The molecule has 4 nitrogen and oxygen atoms in total. The highest BCUT2D eigenvalue weighted by atomic mass is 15.3. The SMILES string of the molecule is Cc1cccc(-c2nncn2C2CC2)c1N. The lowest BCUT2D eigenvalue weighted by molar-refractivity contribution is 0.746. The molecule has 0 saturated heterocycles. The van der Waals surface area contributed by atoms with Crippen molar-refractivity contribution in [3.05, 3.63) is 30.1 Å². The Hall–Kier alpha value is -1.84. The third-order valence-corrected chi connectivity index (χ3v) is 3.08. The van der Waals surface area contributed by atoms with Gasteiger partial charge in [-0.15, -0.1) is 10.2 Å². The number of aromatic nitrogens is 3. The summed E-state index contributed by atoms with van der Waals surface area (Å²) in [4.78, 5) is 0. The molecule has 1 aliphatic rings. The molecule has 0 unspecified atom stereocenters. The highest BCUT2D eigenvalue weighted by Gasteiger charge is 2.27. The van der Waals surface area contributed by atoms with E-state index in [0.717, 1.165) is 22.6 Å². The van der Waals surface area contributed by atoms with Crippen LogP contribution in [-0.4, -0.2) is 14.8 Å². The fourth-order valence-electron chi connectivity index (χ4n) is 1.93. The second-order valence-corrected chi connectivity index (χ2v) is 4.33. The molecule has 0 aliphatic heterocycles. The van der Waals surface area contributed by atoms with E-state index in [2.05, 4.69) is 14.8 Å². The first-order valence-electron chi connectivity index (χ1n) is 5.52. The van der Waals surface area contributed by atoms with Crippen molar-refractivity contribution in [3.8, 4) is 11.4 Å². The van der Waals surface area contributed by atoms with E-state index < -0.39 is 0 Å². The zero-order valence-electron chi connectivity index (χ0n) is 9.22. The molecular formula is C12H14N4. The Balaban J connectivity index is 2.14. The fraction of sp³-hybridized carbons (Fsp3) is 0.333. The first-order valence-corrected chi connectivity index (χ1v) is 5.52. The lowest BCUT2D eigenvalue weighted by atomic mass is 10.1. The minimum Gasteiger partial charge on any atom is -0.398 e. The Kier molecular flexibility index (Phi) is 1.96. The van der Waals surface area contributed by atoms with Crippen molar-refractivity contribution in [1.29, 1.82) is 0 Å². The number of rotatable bonds is 2. The number of anilines is 1. The van der Waals surface area contributed by atoms with Crippen LogP contribution in [-0.2, 0) is 0 Å². The number of nitrogens with two attached hydrogens (primary N) is 1. The molecule has 1 aromatic carbocycles. The van der Waals surface area contributed by atoms with E-state index in [0.29, 0.717) is 6.04 Å². The highest BCUT2D eigenvalue weighted by Crippen LogP contribution is 2.38. The molecule has 82 valence electrons. The number of para-hydroxylation sites is 1. The normalized spacial score (nSPS) is 15.3. The monoisotopic (exact) mass is 214 g/mol. The van der Waals surface area contributed by atoms with Gasteiger partial charge in [0.15, 0.2) is 5.82 Å². The van der Waals surface area contributed by atoms with Gasteiger partial charge in [-0.25, -0.2) is 0 Å². The predicted octanol–water partition coefficient (Wildman–Crippen LogP) is 2.17. The maximum Gasteiger partial charge on any atom is 0.166 e. The standard InChI is InChI=1S/C12H14N4/c1-8-3-2-4-10(11(8)13)12-15-14-7-16(12)9-5-6-9/h2-4,7,9H,5-6,13H2,1H3. The van der Waals surface area contributed by atoms with E-state index in [9.17, 15) is 0 Å². The molecule has 1 heterocycles. The van der Waals surface area contributed by atoms with Crippen molar-refractivity contribution in [3.63, 3.8) is 0 Å². The van der Waals surface area contributed by atoms with Crippen molar-refractivity contribution in [2.24, 2.45) is 0 Å². The largest absolute Gasteiger partial charge is 0.398 e. The number of benzene rings is 1. The van der Waals surface area contributed by atoms with Gasteiger partial charge in [-0.3, -0.25) is 0 Å². The molecule has 4 heteroatoms. The number of hydrogen-bond donors (Lipinski definition) is 1. The van der Waals surface area contributed by atoms with E-state index in [1.165, 1.54) is 12.8 Å². The molecule has 1 aliphatic carbocycles. The van der Waals surface area contributed by atoms with Crippen LogP contribution in [0.25, 0.3) is 11.4 Å². The van der Waals surface area contributed by atoms with Crippen molar-refractivity contribution in [2.45, 2.75) is 25.8 Å². The zero-order valence-corrected chi connectivity index (χ0v) is 9.22. The molecule has 3 rings (SSSR count). The van der Waals surface area contributed by atoms with Crippen LogP contribution in [0.15, 0.2) is 24.5 Å². The lowest BCUT2D eigenvalue weighted by Crippen LogP contribution is -2.00. The quantitative estimate of drug-likeness (QED) is 0.779. The van der Waals surface area contributed by atoms with E-state index in [4.69, 9.17) is 5.73 Å². The van der Waals surface area contributed by atoms with Crippen LogP contribution in [0.2, 0.25) is 0 Å². The van der Waals surface area contributed by atoms with Gasteiger partial charge in [0, 0.05) is 17.3 Å². The van der Waals surface area contributed by atoms with Gasteiger partial charge in [0.1, 0.15) is 6.33 Å². The third-order valence-electron chi connectivity index (χ3n) is 3.08. The summed E-state index contributed by atoms with van der Waals surface area (Å²) >= 11 is 0. The first-order chi connectivity index (χ1) is 7.77. The summed E-state index contributed by atoms with van der Waals surface area (Å²) in [5, 5.41) is 8.17. The molecule has 0 spiro atoms. The van der Waals surface area contributed by atoms with Gasteiger partial charge in [0.05, 0.1) is 0 Å². The average molecular weight is 214 g/mol. The molecule has 0 radical (unpaired) electrons. The van der Waals surface area contributed by atoms with E-state index in [1.807, 2.05) is 25.1 Å². The van der Waals surface area contributed by atoms with Crippen LogP contribution >= 0.6 is 0 Å². The van der Waals surface area contributed by atoms with Gasteiger partial charge in [-0.2, -0.15) is 0 Å². The van der Waals surface area contributed by atoms with Gasteiger partial charge in [-0.1, -0.05) is 12.1 Å². The summed E-state index contributed by atoms with van der Waals surface area (Å²) < 4.78 is 2.13. The second-order valence-electron chi connectivity index (χ2n) is 4.33. The van der Waals surface area contributed by atoms with Crippen molar-refractivity contribution >= 4 is 5.69 Å². The van der Waals surface area contributed by atoms with Gasteiger partial charge in [0.25, 0.3) is 0 Å². The van der Waals surface area contributed by atoms with Gasteiger partial charge >= 0.3 is 0 Å². The van der Waals surface area contributed by atoms with Gasteiger partial charge in [0.2, 0.25) is 0 Å². The van der Waals surface area contributed by atoms with Crippen LogP contribution in [0.4, 0.5) is 5.69 Å². The van der Waals surface area contributed by atoms with Crippen LogP contribution in [0.3, 0.4) is 0 Å². The lowest BCUT2D eigenvalue weighted by Gasteiger charge is -2.09. The summed E-state index contributed by atoms with van der Waals surface area (Å²) in [7, 11) is 0. The Morgan fingerprint density at radius 1 is 1.38 bits per heavy atom. The van der Waals surface area contributed by atoms with Crippen molar-refractivity contribution in [2.75, 3.05) is 5.73 Å². The minimum absolute atomic E-state index is 0.574. The number of aryl methyl sites for hydroxylation is 1. The summed E-state index contributed by atoms with van der Waals surface area (Å²) in [5.41, 5.74) is 8.96. The van der Waals surface area contributed by atoms with Crippen LogP contribution in [0.5, 0.6) is 0 Å². The highest BCUT2D eigenvalue weighted by molar-refractivity contribution is 5.74. The summed E-state index contributed by atoms with van der Waals surface area (Å²) in [5.74, 6) is 0.892. The Morgan fingerprint density at radius 3 is 2.94 bits per heavy atom. The third kappa shape index (κ3) is 1.38. The van der Waals surface area contributed by atoms with Crippen LogP contribution < -0.4 is 5.73 Å². The second kappa shape index (κ2) is 3.33. The molecule has 0 atom stereocenters. The molecule has 1 fully saturated rings. The summed E-state index contributed by atoms with van der Waals surface area (Å²) in [6.45, 7) is 2.01.